The predicted octanol–water partition coefficient (Wildman–Crippen LogP) is 2.53. The monoisotopic (exact) mass is 451 g/mol. The summed E-state index contributed by atoms with van der Waals surface area (Å²) in [5, 5.41) is 5.54. The molecule has 0 saturated carbocycles. The second-order valence-corrected chi connectivity index (χ2v) is 6.54. The summed E-state index contributed by atoms with van der Waals surface area (Å²) in [5.41, 5.74) is 0.764. The highest BCUT2D eigenvalue weighted by atomic mass is 19.4. The number of hydrogen-bond acceptors (Lipinski definition) is 10. The molecule has 1 aliphatic rings. The summed E-state index contributed by atoms with van der Waals surface area (Å²) < 4.78 is 52.1. The van der Waals surface area contributed by atoms with Crippen LogP contribution in [-0.4, -0.2) is 57.5 Å². The van der Waals surface area contributed by atoms with Crippen molar-refractivity contribution in [2.45, 2.75) is 12.8 Å². The van der Waals surface area contributed by atoms with Crippen molar-refractivity contribution in [3.63, 3.8) is 0 Å². The normalized spacial score (nSPS) is 14.3. The molecule has 3 aromatic rings. The molecule has 0 atom stereocenters. The minimum absolute atomic E-state index is 0.0244. The van der Waals surface area contributed by atoms with E-state index < -0.39 is 18.2 Å². The van der Waals surface area contributed by atoms with Crippen LogP contribution in [0.5, 0.6) is 0 Å². The summed E-state index contributed by atoms with van der Waals surface area (Å²) in [6, 6.07) is 3.64. The third-order valence-corrected chi connectivity index (χ3v) is 4.31. The molecule has 0 bridgehead atoms. The maximum atomic E-state index is 12.5. The number of pyridine rings is 1. The third-order valence-electron chi connectivity index (χ3n) is 4.31. The number of morpholine rings is 1. The van der Waals surface area contributed by atoms with Crippen molar-refractivity contribution in [2.24, 2.45) is 0 Å². The Morgan fingerprint density at radius 2 is 1.88 bits per heavy atom. The molecule has 0 aliphatic carbocycles. The van der Waals surface area contributed by atoms with Gasteiger partial charge in [0.1, 0.15) is 12.4 Å². The van der Waals surface area contributed by atoms with Gasteiger partial charge in [-0.05, 0) is 6.07 Å². The van der Waals surface area contributed by atoms with Crippen molar-refractivity contribution in [2.75, 3.05) is 36.5 Å². The molecule has 0 spiro atoms. The van der Waals surface area contributed by atoms with E-state index in [9.17, 15) is 18.0 Å². The molecule has 0 aromatic carbocycles. The summed E-state index contributed by atoms with van der Waals surface area (Å²) >= 11 is 0. The van der Waals surface area contributed by atoms with Gasteiger partial charge in [0.2, 0.25) is 11.8 Å². The van der Waals surface area contributed by atoms with Gasteiger partial charge in [-0.1, -0.05) is 11.2 Å². The van der Waals surface area contributed by atoms with Crippen LogP contribution in [0.1, 0.15) is 11.5 Å². The Morgan fingerprint density at radius 1 is 1.12 bits per heavy atom. The molecule has 1 fully saturated rings. The van der Waals surface area contributed by atoms with E-state index in [1.54, 1.807) is 12.3 Å². The molecule has 4 heterocycles. The van der Waals surface area contributed by atoms with Crippen LogP contribution in [0.2, 0.25) is 0 Å². The van der Waals surface area contributed by atoms with Gasteiger partial charge in [0.25, 0.3) is 0 Å². The second kappa shape index (κ2) is 9.13. The van der Waals surface area contributed by atoms with Crippen molar-refractivity contribution < 1.29 is 32.0 Å². The molecule has 1 saturated heterocycles. The van der Waals surface area contributed by atoms with E-state index in [0.717, 1.165) is 31.3 Å². The average Bonchev–Trinajstić information content (AvgIpc) is 3.30. The van der Waals surface area contributed by atoms with Crippen LogP contribution in [0.3, 0.4) is 0 Å². The van der Waals surface area contributed by atoms with Crippen molar-refractivity contribution >= 4 is 17.9 Å². The lowest BCUT2D eigenvalue weighted by Gasteiger charge is -2.27. The lowest BCUT2D eigenvalue weighted by atomic mass is 10.3. The van der Waals surface area contributed by atoms with E-state index in [1.807, 2.05) is 6.07 Å². The van der Waals surface area contributed by atoms with Crippen molar-refractivity contribution in [1.29, 1.82) is 0 Å². The fraction of sp³-hybridized carbons (Fsp3) is 0.333. The van der Waals surface area contributed by atoms with Crippen molar-refractivity contribution in [3.05, 3.63) is 42.2 Å². The van der Waals surface area contributed by atoms with Crippen LogP contribution in [0.15, 0.2) is 35.2 Å². The highest BCUT2D eigenvalue weighted by Crippen LogP contribution is 2.29. The predicted molar refractivity (Wildman–Crippen MR) is 101 cm³/mol. The zero-order chi connectivity index (χ0) is 22.6. The van der Waals surface area contributed by atoms with Gasteiger partial charge in [-0.25, -0.2) is 19.7 Å². The Balaban J connectivity index is 1.28. The maximum Gasteiger partial charge on any atom is 0.471 e. The lowest BCUT2D eigenvalue weighted by molar-refractivity contribution is -0.159. The zero-order valence-electron chi connectivity index (χ0n) is 16.4. The summed E-state index contributed by atoms with van der Waals surface area (Å²) in [5.74, 6) is -1.11. The topological polar surface area (TPSA) is 128 Å². The molecule has 1 amide bonds. The van der Waals surface area contributed by atoms with Crippen LogP contribution < -0.4 is 10.2 Å². The van der Waals surface area contributed by atoms with Gasteiger partial charge in [-0.2, -0.15) is 18.2 Å². The Kier molecular flexibility index (Phi) is 6.11. The number of nitrogens with zero attached hydrogens (tertiary/aromatic N) is 6. The second-order valence-electron chi connectivity index (χ2n) is 6.54. The Morgan fingerprint density at radius 3 is 2.50 bits per heavy atom. The fourth-order valence-electron chi connectivity index (χ4n) is 2.72. The van der Waals surface area contributed by atoms with Crippen LogP contribution in [0, 0.1) is 0 Å². The fourth-order valence-corrected chi connectivity index (χ4v) is 2.72. The van der Waals surface area contributed by atoms with Crippen molar-refractivity contribution in [1.82, 2.24) is 25.1 Å². The molecule has 4 rings (SSSR count). The van der Waals surface area contributed by atoms with E-state index in [1.165, 1.54) is 0 Å². The number of alkyl halides is 3. The molecular formula is C18H16F3N7O4. The smallest absolute Gasteiger partial charge is 0.444 e. The van der Waals surface area contributed by atoms with E-state index >= 15 is 0 Å². The zero-order valence-corrected chi connectivity index (χ0v) is 16.4. The maximum absolute atomic E-state index is 12.5. The van der Waals surface area contributed by atoms with Gasteiger partial charge in [-0.15, -0.1) is 0 Å². The number of anilines is 2. The standard InChI is InChI=1S/C18H16F3N7O4/c19-18(20,21)15-25-14(27-32-15)12-8-23-16(24-9-12)26-17(29)31-10-11-1-2-13(22-7-11)28-3-5-30-6-4-28/h1-2,7-9H,3-6,10H2,(H,23,24,26,29). The summed E-state index contributed by atoms with van der Waals surface area (Å²) in [6.45, 7) is 2.81. The molecule has 168 valence electrons. The number of amides is 1. The number of carbonyl (C=O) groups excluding carboxylic acids is 1. The first kappa shape index (κ1) is 21.4. The number of nitrogens with one attached hydrogen (secondary N) is 1. The highest BCUT2D eigenvalue weighted by molar-refractivity contribution is 5.82. The van der Waals surface area contributed by atoms with Gasteiger partial charge < -0.3 is 18.9 Å². The Bertz CT molecular complexity index is 1050. The molecule has 1 N–H and O–H groups in total. The Labute approximate surface area is 178 Å². The van der Waals surface area contributed by atoms with Gasteiger partial charge in [-0.3, -0.25) is 5.32 Å². The Hall–Kier alpha value is -3.81. The summed E-state index contributed by atoms with van der Waals surface area (Å²) in [7, 11) is 0. The van der Waals surface area contributed by atoms with Crippen LogP contribution >= 0.6 is 0 Å². The molecular weight excluding hydrogens is 435 g/mol. The van der Waals surface area contributed by atoms with Gasteiger partial charge in [0, 0.05) is 37.2 Å². The van der Waals surface area contributed by atoms with Crippen LogP contribution in [-0.2, 0) is 22.3 Å². The highest BCUT2D eigenvalue weighted by Gasteiger charge is 2.38. The number of halogens is 3. The van der Waals surface area contributed by atoms with E-state index in [0.29, 0.717) is 18.8 Å². The molecule has 0 radical (unpaired) electrons. The van der Waals surface area contributed by atoms with E-state index in [2.05, 4.69) is 39.8 Å². The number of rotatable bonds is 5. The van der Waals surface area contributed by atoms with Crippen molar-refractivity contribution in [3.8, 4) is 11.4 Å². The molecule has 11 nitrogen and oxygen atoms in total. The SMILES string of the molecule is O=C(Nc1ncc(-c2noc(C(F)(F)F)n2)cn1)OCc1ccc(N2CCOCC2)nc1. The van der Waals surface area contributed by atoms with Crippen LogP contribution in [0.4, 0.5) is 29.7 Å². The van der Waals surface area contributed by atoms with E-state index in [-0.39, 0.29) is 23.9 Å². The molecule has 14 heteroatoms. The minimum Gasteiger partial charge on any atom is -0.444 e. The largest absolute Gasteiger partial charge is 0.471 e. The average molecular weight is 451 g/mol. The molecule has 32 heavy (non-hydrogen) atoms. The van der Waals surface area contributed by atoms with Gasteiger partial charge >= 0.3 is 18.2 Å². The number of hydrogen-bond donors (Lipinski definition) is 1. The number of aromatic nitrogens is 5. The molecule has 0 unspecified atom stereocenters. The quantitative estimate of drug-likeness (QED) is 0.618. The first-order chi connectivity index (χ1) is 15.4. The number of ether oxygens (including phenoxy) is 2. The first-order valence-electron chi connectivity index (χ1n) is 9.33. The number of carbonyl (C=O) groups is 1. The van der Waals surface area contributed by atoms with Gasteiger partial charge in [0.05, 0.1) is 18.8 Å². The minimum atomic E-state index is -4.75. The first-order valence-corrected chi connectivity index (χ1v) is 9.33. The molecule has 3 aromatic heterocycles. The molecule has 1 aliphatic heterocycles. The lowest BCUT2D eigenvalue weighted by Crippen LogP contribution is -2.36. The van der Waals surface area contributed by atoms with Gasteiger partial charge in [0.15, 0.2) is 0 Å². The summed E-state index contributed by atoms with van der Waals surface area (Å²) in [4.78, 5) is 29.3. The summed E-state index contributed by atoms with van der Waals surface area (Å²) in [6.07, 6.45) is -1.67. The third kappa shape index (κ3) is 5.26. The van der Waals surface area contributed by atoms with E-state index in [4.69, 9.17) is 9.47 Å². The van der Waals surface area contributed by atoms with Crippen LogP contribution in [0.25, 0.3) is 11.4 Å².